The summed E-state index contributed by atoms with van der Waals surface area (Å²) in [7, 11) is 0. The third-order valence-electron chi connectivity index (χ3n) is 1.67. The maximum atomic E-state index is 9.24. The van der Waals surface area contributed by atoms with Gasteiger partial charge in [0.25, 0.3) is 0 Å². The van der Waals surface area contributed by atoms with Crippen molar-refractivity contribution in [3.8, 4) is 0 Å². The molecule has 1 unspecified atom stereocenters. The molecule has 0 aliphatic heterocycles. The van der Waals surface area contributed by atoms with Gasteiger partial charge in [0.1, 0.15) is 0 Å². The van der Waals surface area contributed by atoms with E-state index in [-0.39, 0.29) is 0 Å². The molecule has 2 heteroatoms. The van der Waals surface area contributed by atoms with Crippen LogP contribution in [0.5, 0.6) is 0 Å². The lowest BCUT2D eigenvalue weighted by atomic mass is 10.1. The Morgan fingerprint density at radius 1 is 1.45 bits per heavy atom. The lowest BCUT2D eigenvalue weighted by Crippen LogP contribution is -1.92. The van der Waals surface area contributed by atoms with Crippen LogP contribution in [0.1, 0.15) is 24.2 Å². The number of aliphatic hydroxyl groups is 1. The van der Waals surface area contributed by atoms with Crippen LogP contribution in [0, 0.1) is 6.92 Å². The maximum absolute atomic E-state index is 9.24. The van der Waals surface area contributed by atoms with Crippen molar-refractivity contribution in [1.29, 1.82) is 0 Å². The average molecular weight is 171 g/mol. The normalized spacial score (nSPS) is 13.1. The first-order valence-electron chi connectivity index (χ1n) is 3.56. The first kappa shape index (κ1) is 8.57. The number of aliphatic hydroxyl groups excluding tert-OH is 1. The SMILES string of the molecule is Cc1cccc(C(C)O)c1Cl. The predicted molar refractivity (Wildman–Crippen MR) is 46.8 cm³/mol. The summed E-state index contributed by atoms with van der Waals surface area (Å²) in [4.78, 5) is 0. The molecule has 0 aliphatic rings. The van der Waals surface area contributed by atoms with Crippen LogP contribution in [0.25, 0.3) is 0 Å². The molecule has 1 N–H and O–H groups in total. The Balaban J connectivity index is 3.17. The zero-order valence-corrected chi connectivity index (χ0v) is 7.39. The second-order valence-corrected chi connectivity index (χ2v) is 3.03. The van der Waals surface area contributed by atoms with Crippen LogP contribution in [0.15, 0.2) is 18.2 Å². The average Bonchev–Trinajstić information content (AvgIpc) is 1.94. The summed E-state index contributed by atoms with van der Waals surface area (Å²) in [5, 5.41) is 9.91. The highest BCUT2D eigenvalue weighted by molar-refractivity contribution is 6.32. The summed E-state index contributed by atoms with van der Waals surface area (Å²) >= 11 is 5.93. The highest BCUT2D eigenvalue weighted by atomic mass is 35.5. The fourth-order valence-electron chi connectivity index (χ4n) is 0.993. The smallest absolute Gasteiger partial charge is 0.0776 e. The molecule has 1 aromatic carbocycles. The van der Waals surface area contributed by atoms with Crippen molar-refractivity contribution in [1.82, 2.24) is 0 Å². The molecule has 11 heavy (non-hydrogen) atoms. The molecule has 0 aromatic heterocycles. The van der Waals surface area contributed by atoms with E-state index in [4.69, 9.17) is 11.6 Å². The molecular weight excluding hydrogens is 160 g/mol. The van der Waals surface area contributed by atoms with Gasteiger partial charge in [-0.05, 0) is 25.0 Å². The van der Waals surface area contributed by atoms with Crippen molar-refractivity contribution in [2.75, 3.05) is 0 Å². The Morgan fingerprint density at radius 2 is 2.09 bits per heavy atom. The molecule has 0 heterocycles. The van der Waals surface area contributed by atoms with Crippen molar-refractivity contribution in [2.24, 2.45) is 0 Å². The van der Waals surface area contributed by atoms with Crippen LogP contribution < -0.4 is 0 Å². The molecule has 0 saturated carbocycles. The largest absolute Gasteiger partial charge is 0.389 e. The van der Waals surface area contributed by atoms with Crippen LogP contribution in [0.3, 0.4) is 0 Å². The zero-order chi connectivity index (χ0) is 8.43. The fraction of sp³-hybridized carbons (Fsp3) is 0.333. The molecule has 1 atom stereocenters. The Kier molecular flexibility index (Phi) is 2.53. The Bertz CT molecular complexity index is 256. The minimum Gasteiger partial charge on any atom is -0.389 e. The van der Waals surface area contributed by atoms with Crippen molar-refractivity contribution < 1.29 is 5.11 Å². The van der Waals surface area contributed by atoms with Crippen LogP contribution >= 0.6 is 11.6 Å². The molecule has 0 bridgehead atoms. The van der Waals surface area contributed by atoms with E-state index in [1.54, 1.807) is 6.92 Å². The standard InChI is InChI=1S/C9H11ClO/c1-6-4-3-5-8(7(2)11)9(6)10/h3-5,7,11H,1-2H3. The molecular formula is C9H11ClO. The Hall–Kier alpha value is -0.530. The molecule has 1 aromatic rings. The Morgan fingerprint density at radius 3 is 2.55 bits per heavy atom. The van der Waals surface area contributed by atoms with Gasteiger partial charge in [0, 0.05) is 5.02 Å². The number of halogens is 1. The highest BCUT2D eigenvalue weighted by Gasteiger charge is 2.06. The summed E-state index contributed by atoms with van der Waals surface area (Å²) in [5.41, 5.74) is 1.80. The van der Waals surface area contributed by atoms with Crippen molar-refractivity contribution in [3.05, 3.63) is 34.3 Å². The topological polar surface area (TPSA) is 20.2 Å². The molecule has 0 fully saturated rings. The lowest BCUT2D eigenvalue weighted by molar-refractivity contribution is 0.199. The molecule has 60 valence electrons. The zero-order valence-electron chi connectivity index (χ0n) is 6.63. The minimum absolute atomic E-state index is 0.484. The van der Waals surface area contributed by atoms with E-state index >= 15 is 0 Å². The van der Waals surface area contributed by atoms with Crippen molar-refractivity contribution in [2.45, 2.75) is 20.0 Å². The summed E-state index contributed by atoms with van der Waals surface area (Å²) in [6, 6.07) is 5.65. The summed E-state index contributed by atoms with van der Waals surface area (Å²) < 4.78 is 0. The van der Waals surface area contributed by atoms with E-state index in [0.717, 1.165) is 11.1 Å². The van der Waals surface area contributed by atoms with E-state index in [9.17, 15) is 5.11 Å². The van der Waals surface area contributed by atoms with Crippen molar-refractivity contribution >= 4 is 11.6 Å². The van der Waals surface area contributed by atoms with Crippen LogP contribution in [0.4, 0.5) is 0 Å². The third-order valence-corrected chi connectivity index (χ3v) is 2.19. The van der Waals surface area contributed by atoms with Gasteiger partial charge in [-0.3, -0.25) is 0 Å². The molecule has 0 saturated heterocycles. The summed E-state index contributed by atoms with van der Waals surface area (Å²) in [6.07, 6.45) is -0.484. The van der Waals surface area contributed by atoms with E-state index in [0.29, 0.717) is 5.02 Å². The Labute approximate surface area is 71.6 Å². The van der Waals surface area contributed by atoms with E-state index in [2.05, 4.69) is 0 Å². The van der Waals surface area contributed by atoms with Crippen LogP contribution in [-0.2, 0) is 0 Å². The molecule has 0 aliphatic carbocycles. The summed E-state index contributed by atoms with van der Waals surface area (Å²) in [5.74, 6) is 0. The summed E-state index contributed by atoms with van der Waals surface area (Å²) in [6.45, 7) is 3.63. The van der Waals surface area contributed by atoms with Gasteiger partial charge in [-0.15, -0.1) is 0 Å². The fourth-order valence-corrected chi connectivity index (χ4v) is 1.28. The van der Waals surface area contributed by atoms with Gasteiger partial charge in [-0.25, -0.2) is 0 Å². The van der Waals surface area contributed by atoms with E-state index in [1.807, 2.05) is 25.1 Å². The van der Waals surface area contributed by atoms with E-state index < -0.39 is 6.10 Å². The van der Waals surface area contributed by atoms with Gasteiger partial charge in [0.05, 0.1) is 6.10 Å². The van der Waals surface area contributed by atoms with Crippen LogP contribution in [-0.4, -0.2) is 5.11 Å². The van der Waals surface area contributed by atoms with Gasteiger partial charge in [0.2, 0.25) is 0 Å². The second kappa shape index (κ2) is 3.24. The maximum Gasteiger partial charge on any atom is 0.0776 e. The minimum atomic E-state index is -0.484. The van der Waals surface area contributed by atoms with Gasteiger partial charge in [-0.2, -0.15) is 0 Å². The van der Waals surface area contributed by atoms with Gasteiger partial charge >= 0.3 is 0 Å². The van der Waals surface area contributed by atoms with Gasteiger partial charge in [0.15, 0.2) is 0 Å². The van der Waals surface area contributed by atoms with Gasteiger partial charge < -0.3 is 5.11 Å². The predicted octanol–water partition coefficient (Wildman–Crippen LogP) is 2.70. The lowest BCUT2D eigenvalue weighted by Gasteiger charge is -2.08. The second-order valence-electron chi connectivity index (χ2n) is 2.65. The van der Waals surface area contributed by atoms with Crippen molar-refractivity contribution in [3.63, 3.8) is 0 Å². The number of hydrogen-bond acceptors (Lipinski definition) is 1. The first-order valence-corrected chi connectivity index (χ1v) is 3.94. The molecule has 0 amide bonds. The van der Waals surface area contributed by atoms with Crippen LogP contribution in [0.2, 0.25) is 5.02 Å². The van der Waals surface area contributed by atoms with Gasteiger partial charge in [-0.1, -0.05) is 29.8 Å². The van der Waals surface area contributed by atoms with E-state index in [1.165, 1.54) is 0 Å². The third kappa shape index (κ3) is 1.73. The number of hydrogen-bond donors (Lipinski definition) is 1. The monoisotopic (exact) mass is 170 g/mol. The number of aryl methyl sites for hydroxylation is 1. The molecule has 0 radical (unpaired) electrons. The first-order chi connectivity index (χ1) is 5.13. The molecule has 0 spiro atoms. The quantitative estimate of drug-likeness (QED) is 0.687. The highest BCUT2D eigenvalue weighted by Crippen LogP contribution is 2.25. The molecule has 1 nitrogen and oxygen atoms in total. The number of rotatable bonds is 1. The molecule has 1 rings (SSSR count). The number of benzene rings is 1.